The van der Waals surface area contributed by atoms with Crippen LogP contribution in [0.2, 0.25) is 0 Å². The Morgan fingerprint density at radius 3 is 2.73 bits per heavy atom. The van der Waals surface area contributed by atoms with Gasteiger partial charge in [0.1, 0.15) is 11.5 Å². The van der Waals surface area contributed by atoms with Crippen LogP contribution in [-0.2, 0) is 9.59 Å². The number of ketones is 2. The molecular formula is C18H15BrO3. The zero-order chi connectivity index (χ0) is 15.7. The summed E-state index contributed by atoms with van der Waals surface area (Å²) >= 11 is 3.45. The molecular weight excluding hydrogens is 344 g/mol. The molecule has 0 saturated carbocycles. The molecule has 0 unspecified atom stereocenters. The fourth-order valence-corrected chi connectivity index (χ4v) is 3.45. The lowest BCUT2D eigenvalue weighted by Gasteiger charge is -2.28. The van der Waals surface area contributed by atoms with Crippen LogP contribution >= 0.6 is 15.9 Å². The summed E-state index contributed by atoms with van der Waals surface area (Å²) in [4.78, 5) is 24.4. The van der Waals surface area contributed by atoms with Gasteiger partial charge in [-0.15, -0.1) is 0 Å². The number of carbonyl (C=O) groups excluding carboxylic acids is 2. The first-order valence-corrected chi connectivity index (χ1v) is 7.90. The van der Waals surface area contributed by atoms with Gasteiger partial charge in [-0.2, -0.15) is 0 Å². The van der Waals surface area contributed by atoms with E-state index in [1.54, 1.807) is 18.4 Å². The maximum absolute atomic E-state index is 12.5. The molecule has 112 valence electrons. The van der Waals surface area contributed by atoms with Crippen LogP contribution in [0.4, 0.5) is 0 Å². The summed E-state index contributed by atoms with van der Waals surface area (Å²) < 4.78 is 6.35. The predicted octanol–water partition coefficient (Wildman–Crippen LogP) is 4.39. The third-order valence-electron chi connectivity index (χ3n) is 4.02. The van der Waals surface area contributed by atoms with Crippen LogP contribution in [0.25, 0.3) is 5.57 Å². The van der Waals surface area contributed by atoms with E-state index < -0.39 is 5.92 Å². The van der Waals surface area contributed by atoms with Crippen molar-refractivity contribution in [1.29, 1.82) is 0 Å². The Labute approximate surface area is 137 Å². The van der Waals surface area contributed by atoms with Gasteiger partial charge < -0.3 is 4.42 Å². The number of furan rings is 1. The molecule has 0 bridgehead atoms. The van der Waals surface area contributed by atoms with E-state index in [1.807, 2.05) is 30.3 Å². The van der Waals surface area contributed by atoms with Crippen molar-refractivity contribution in [2.45, 2.75) is 19.3 Å². The highest BCUT2D eigenvalue weighted by Gasteiger charge is 2.37. The lowest BCUT2D eigenvalue weighted by Crippen LogP contribution is -2.31. The zero-order valence-corrected chi connectivity index (χ0v) is 13.7. The molecule has 1 aromatic carbocycles. The molecule has 0 radical (unpaired) electrons. The molecule has 22 heavy (non-hydrogen) atoms. The highest BCUT2D eigenvalue weighted by atomic mass is 79.9. The molecule has 3 rings (SSSR count). The molecule has 2 aromatic rings. The number of halogens is 1. The van der Waals surface area contributed by atoms with Gasteiger partial charge in [-0.25, -0.2) is 0 Å². The highest BCUT2D eigenvalue weighted by Crippen LogP contribution is 2.40. The van der Waals surface area contributed by atoms with Crippen LogP contribution in [0.15, 0.2) is 57.6 Å². The largest absolute Gasteiger partial charge is 0.465 e. The molecule has 0 aliphatic heterocycles. The third-order valence-corrected chi connectivity index (χ3v) is 4.51. The average Bonchev–Trinajstić information content (AvgIpc) is 3.00. The number of rotatable bonds is 3. The van der Waals surface area contributed by atoms with E-state index in [-0.39, 0.29) is 17.5 Å². The zero-order valence-electron chi connectivity index (χ0n) is 12.1. The van der Waals surface area contributed by atoms with Crippen LogP contribution in [0.3, 0.4) is 0 Å². The van der Waals surface area contributed by atoms with Gasteiger partial charge in [0, 0.05) is 10.4 Å². The van der Waals surface area contributed by atoms with E-state index in [2.05, 4.69) is 15.9 Å². The molecule has 0 spiro atoms. The molecule has 3 nitrogen and oxygen atoms in total. The summed E-state index contributed by atoms with van der Waals surface area (Å²) in [6.07, 6.45) is 3.76. The van der Waals surface area contributed by atoms with Crippen molar-refractivity contribution in [2.24, 2.45) is 5.92 Å². The molecule has 2 atom stereocenters. The van der Waals surface area contributed by atoms with E-state index in [0.717, 1.165) is 15.6 Å². The van der Waals surface area contributed by atoms with E-state index >= 15 is 0 Å². The van der Waals surface area contributed by atoms with Gasteiger partial charge in [-0.05, 0) is 54.8 Å². The van der Waals surface area contributed by atoms with Gasteiger partial charge >= 0.3 is 0 Å². The first-order valence-electron chi connectivity index (χ1n) is 7.10. The van der Waals surface area contributed by atoms with Crippen LogP contribution in [0.5, 0.6) is 0 Å². The molecule has 4 heteroatoms. The molecule has 1 aliphatic carbocycles. The molecule has 0 saturated heterocycles. The van der Waals surface area contributed by atoms with Crippen LogP contribution in [0.1, 0.15) is 30.6 Å². The fourth-order valence-electron chi connectivity index (χ4n) is 3.04. The normalized spacial score (nSPS) is 21.5. The lowest BCUT2D eigenvalue weighted by molar-refractivity contribution is -0.130. The van der Waals surface area contributed by atoms with Gasteiger partial charge in [0.25, 0.3) is 0 Å². The number of hydrogen-bond donors (Lipinski definition) is 0. The highest BCUT2D eigenvalue weighted by molar-refractivity contribution is 9.10. The topological polar surface area (TPSA) is 47.3 Å². The van der Waals surface area contributed by atoms with Crippen molar-refractivity contribution in [1.82, 2.24) is 0 Å². The fraction of sp³-hybridized carbons (Fsp3) is 0.222. The number of allylic oxidation sites excluding steroid dienone is 2. The van der Waals surface area contributed by atoms with Gasteiger partial charge in [0.2, 0.25) is 0 Å². The Morgan fingerprint density at radius 1 is 1.27 bits per heavy atom. The Bertz CT molecular complexity index is 743. The van der Waals surface area contributed by atoms with Gasteiger partial charge in [0.15, 0.2) is 5.78 Å². The maximum Gasteiger partial charge on any atom is 0.167 e. The number of Topliss-reactive ketones (excluding diaryl/α,β-unsaturated/α-hetero) is 1. The van der Waals surface area contributed by atoms with E-state index in [9.17, 15) is 9.59 Å². The van der Waals surface area contributed by atoms with E-state index in [4.69, 9.17) is 4.42 Å². The smallest absolute Gasteiger partial charge is 0.167 e. The minimum atomic E-state index is -0.618. The summed E-state index contributed by atoms with van der Waals surface area (Å²) in [6, 6.07) is 11.4. The van der Waals surface area contributed by atoms with Crippen molar-refractivity contribution in [3.05, 3.63) is 64.5 Å². The minimum absolute atomic E-state index is 0.0929. The van der Waals surface area contributed by atoms with Crippen LogP contribution < -0.4 is 0 Å². The molecule has 0 N–H and O–H groups in total. The van der Waals surface area contributed by atoms with Crippen molar-refractivity contribution < 1.29 is 14.0 Å². The summed E-state index contributed by atoms with van der Waals surface area (Å²) in [6.45, 7) is 1.49. The predicted molar refractivity (Wildman–Crippen MR) is 87.4 cm³/mol. The van der Waals surface area contributed by atoms with E-state index in [1.165, 1.54) is 6.92 Å². The monoisotopic (exact) mass is 358 g/mol. The van der Waals surface area contributed by atoms with Crippen LogP contribution in [-0.4, -0.2) is 11.6 Å². The maximum atomic E-state index is 12.5. The number of benzene rings is 1. The first-order chi connectivity index (χ1) is 10.6. The molecule has 1 heterocycles. The number of hydrogen-bond acceptors (Lipinski definition) is 3. The van der Waals surface area contributed by atoms with Crippen LogP contribution in [0, 0.1) is 5.92 Å². The number of carbonyl (C=O) groups is 2. The standard InChI is InChI=1S/C18H15BrO3/c1-11(20)18-15(12-4-2-5-14(19)8-12)9-13(10-16(18)21)17-6-3-7-22-17/h2-8,10,15,18H,9H2,1H3/t15-,18+/m0/s1. The molecule has 1 aliphatic rings. The minimum Gasteiger partial charge on any atom is -0.465 e. The van der Waals surface area contributed by atoms with Gasteiger partial charge in [-0.3, -0.25) is 9.59 Å². The quantitative estimate of drug-likeness (QED) is 0.764. The van der Waals surface area contributed by atoms with Crippen molar-refractivity contribution in [2.75, 3.05) is 0 Å². The SMILES string of the molecule is CC(=O)[C@H]1C(=O)C=C(c2ccco2)C[C@H]1c1cccc(Br)c1. The van der Waals surface area contributed by atoms with Gasteiger partial charge in [0.05, 0.1) is 12.2 Å². The second-order valence-corrected chi connectivity index (χ2v) is 6.42. The Morgan fingerprint density at radius 2 is 2.09 bits per heavy atom. The summed E-state index contributed by atoms with van der Waals surface area (Å²) in [5, 5.41) is 0. The summed E-state index contributed by atoms with van der Waals surface area (Å²) in [5.74, 6) is -0.323. The molecule has 0 fully saturated rings. The Balaban J connectivity index is 2.04. The summed E-state index contributed by atoms with van der Waals surface area (Å²) in [7, 11) is 0. The Kier molecular flexibility index (Phi) is 4.12. The first kappa shape index (κ1) is 15.0. The second kappa shape index (κ2) is 6.05. The third kappa shape index (κ3) is 2.83. The Hall–Kier alpha value is -1.94. The van der Waals surface area contributed by atoms with Crippen molar-refractivity contribution in [3.8, 4) is 0 Å². The van der Waals surface area contributed by atoms with Gasteiger partial charge in [-0.1, -0.05) is 28.1 Å². The molecule has 1 aromatic heterocycles. The van der Waals surface area contributed by atoms with E-state index in [0.29, 0.717) is 12.2 Å². The lowest BCUT2D eigenvalue weighted by atomic mass is 9.73. The average molecular weight is 359 g/mol. The van der Waals surface area contributed by atoms with Crippen molar-refractivity contribution in [3.63, 3.8) is 0 Å². The molecule has 0 amide bonds. The van der Waals surface area contributed by atoms with Crippen molar-refractivity contribution >= 4 is 33.1 Å². The second-order valence-electron chi connectivity index (χ2n) is 5.50. The summed E-state index contributed by atoms with van der Waals surface area (Å²) in [5.41, 5.74) is 1.83.